The van der Waals surface area contributed by atoms with E-state index in [1.54, 1.807) is 11.3 Å². The molecule has 2 aliphatic heterocycles. The summed E-state index contributed by atoms with van der Waals surface area (Å²) in [7, 11) is 0. The topological polar surface area (TPSA) is 72.9 Å². The quantitative estimate of drug-likeness (QED) is 0.320. The third kappa shape index (κ3) is 8.01. The number of halogens is 1. The number of nitrogens with one attached hydrogen (secondary N) is 2. The van der Waals surface area contributed by atoms with Gasteiger partial charge in [0.1, 0.15) is 6.54 Å². The number of amides is 1. The fourth-order valence-corrected chi connectivity index (χ4v) is 4.46. The molecule has 0 unspecified atom stereocenters. The molecule has 1 aromatic heterocycles. The normalized spacial score (nSPS) is 18.6. The van der Waals surface area contributed by atoms with Crippen molar-refractivity contribution < 1.29 is 4.79 Å². The lowest BCUT2D eigenvalue weighted by molar-refractivity contribution is -0.128. The molecule has 9 heteroatoms. The van der Waals surface area contributed by atoms with Crippen molar-refractivity contribution in [3.63, 3.8) is 0 Å². The van der Waals surface area contributed by atoms with Crippen molar-refractivity contribution in [3.8, 4) is 0 Å². The van der Waals surface area contributed by atoms with E-state index in [-0.39, 0.29) is 36.4 Å². The average molecular weight is 535 g/mol. The van der Waals surface area contributed by atoms with E-state index in [1.165, 1.54) is 18.5 Å². The minimum atomic E-state index is 0. The minimum absolute atomic E-state index is 0. The molecule has 0 bridgehead atoms. The summed E-state index contributed by atoms with van der Waals surface area (Å²) in [5.41, 5.74) is 1.20. The Morgan fingerprint density at radius 1 is 1.24 bits per heavy atom. The Kier molecular flexibility index (Phi) is 10.6. The summed E-state index contributed by atoms with van der Waals surface area (Å²) in [6.45, 7) is 11.0. The van der Waals surface area contributed by atoms with E-state index in [2.05, 4.69) is 44.7 Å². The Balaban J connectivity index is 0.00000300. The molecular weight excluding hydrogens is 499 g/mol. The molecule has 1 aromatic rings. The summed E-state index contributed by atoms with van der Waals surface area (Å²) in [5.74, 6) is 1.54. The number of hydrogen-bond donors (Lipinski definition) is 2. The van der Waals surface area contributed by atoms with Gasteiger partial charge in [0.05, 0.1) is 10.7 Å². The number of aryl methyl sites for hydroxylation is 1. The Bertz CT molecular complexity index is 653. The Morgan fingerprint density at radius 3 is 2.59 bits per heavy atom. The van der Waals surface area contributed by atoms with E-state index >= 15 is 0 Å². The van der Waals surface area contributed by atoms with Crippen LogP contribution in [0.2, 0.25) is 0 Å². The second kappa shape index (κ2) is 12.7. The average Bonchev–Trinajstić information content (AvgIpc) is 3.37. The second-order valence-electron chi connectivity index (χ2n) is 7.74. The molecule has 1 amide bonds. The van der Waals surface area contributed by atoms with Gasteiger partial charge in [0.2, 0.25) is 5.91 Å². The van der Waals surface area contributed by atoms with Crippen LogP contribution >= 0.6 is 35.3 Å². The Morgan fingerprint density at radius 2 is 1.97 bits per heavy atom. The third-order valence-electron chi connectivity index (χ3n) is 5.49. The predicted molar refractivity (Wildman–Crippen MR) is 130 cm³/mol. The molecule has 0 radical (unpaired) electrons. The van der Waals surface area contributed by atoms with Crippen LogP contribution in [0.1, 0.15) is 43.3 Å². The summed E-state index contributed by atoms with van der Waals surface area (Å²) in [4.78, 5) is 25.7. The first-order chi connectivity index (χ1) is 13.6. The maximum Gasteiger partial charge on any atom is 0.244 e. The van der Waals surface area contributed by atoms with Crippen molar-refractivity contribution in [1.82, 2.24) is 25.4 Å². The van der Waals surface area contributed by atoms with Crippen LogP contribution in [-0.4, -0.2) is 72.5 Å². The minimum Gasteiger partial charge on any atom is -0.357 e. The standard InChI is InChI=1S/C20H34N6OS.HI/c1-3-21-20(23-13-19(27)26-8-4-5-9-26)22-12-17-6-10-25(11-7-17)14-18-15-28-16(2)24-18;/h15,17H,3-14H2,1-2H3,(H2,21,22,23);1H. The molecule has 7 nitrogen and oxygen atoms in total. The van der Waals surface area contributed by atoms with E-state index in [4.69, 9.17) is 0 Å². The van der Waals surface area contributed by atoms with Crippen molar-refractivity contribution >= 4 is 47.2 Å². The predicted octanol–water partition coefficient (Wildman–Crippen LogP) is 2.46. The van der Waals surface area contributed by atoms with Gasteiger partial charge in [0, 0.05) is 38.1 Å². The van der Waals surface area contributed by atoms with Crippen molar-refractivity contribution in [2.75, 3.05) is 45.8 Å². The van der Waals surface area contributed by atoms with Crippen molar-refractivity contribution in [1.29, 1.82) is 0 Å². The second-order valence-corrected chi connectivity index (χ2v) is 8.80. The van der Waals surface area contributed by atoms with Crippen LogP contribution in [0.5, 0.6) is 0 Å². The van der Waals surface area contributed by atoms with Gasteiger partial charge in [-0.15, -0.1) is 35.3 Å². The lowest BCUT2D eigenvalue weighted by atomic mass is 9.97. The van der Waals surface area contributed by atoms with Crippen LogP contribution in [0.15, 0.2) is 10.4 Å². The number of piperidine rings is 1. The number of hydrogen-bond acceptors (Lipinski definition) is 5. The van der Waals surface area contributed by atoms with E-state index < -0.39 is 0 Å². The molecule has 3 heterocycles. The lowest BCUT2D eigenvalue weighted by Gasteiger charge is -2.31. The number of carbonyl (C=O) groups is 1. The Hall–Kier alpha value is -0.940. The molecule has 0 aliphatic carbocycles. The van der Waals surface area contributed by atoms with Gasteiger partial charge in [-0.25, -0.2) is 9.98 Å². The largest absolute Gasteiger partial charge is 0.357 e. The molecule has 2 saturated heterocycles. The van der Waals surface area contributed by atoms with E-state index in [0.29, 0.717) is 5.92 Å². The molecule has 29 heavy (non-hydrogen) atoms. The smallest absolute Gasteiger partial charge is 0.244 e. The number of aliphatic imine (C=N–C) groups is 1. The number of aromatic nitrogens is 1. The fourth-order valence-electron chi connectivity index (χ4n) is 3.85. The van der Waals surface area contributed by atoms with Crippen molar-refractivity contribution in [3.05, 3.63) is 16.1 Å². The number of guanidine groups is 1. The SMILES string of the molecule is CCNC(=NCC(=O)N1CCCC1)NCC1CCN(Cc2csc(C)n2)CC1.I. The zero-order valence-electron chi connectivity index (χ0n) is 17.7. The van der Waals surface area contributed by atoms with Crippen LogP contribution in [0.3, 0.4) is 0 Å². The van der Waals surface area contributed by atoms with Gasteiger partial charge < -0.3 is 15.5 Å². The molecule has 2 fully saturated rings. The lowest BCUT2D eigenvalue weighted by Crippen LogP contribution is -2.43. The van der Waals surface area contributed by atoms with Crippen LogP contribution in [0.25, 0.3) is 0 Å². The molecule has 0 saturated carbocycles. The molecule has 0 atom stereocenters. The first-order valence-corrected chi connectivity index (χ1v) is 11.5. The fraction of sp³-hybridized carbons (Fsp3) is 0.750. The highest BCUT2D eigenvalue weighted by atomic mass is 127. The molecular formula is C20H35IN6OS. The summed E-state index contributed by atoms with van der Waals surface area (Å²) < 4.78 is 0. The summed E-state index contributed by atoms with van der Waals surface area (Å²) in [5, 5.41) is 10.0. The van der Waals surface area contributed by atoms with E-state index in [9.17, 15) is 4.79 Å². The van der Waals surface area contributed by atoms with E-state index in [0.717, 1.165) is 69.6 Å². The molecule has 2 N–H and O–H groups in total. The summed E-state index contributed by atoms with van der Waals surface area (Å²) in [6, 6.07) is 0. The Labute approximate surface area is 195 Å². The van der Waals surface area contributed by atoms with Crippen LogP contribution in [0, 0.1) is 12.8 Å². The van der Waals surface area contributed by atoms with Gasteiger partial charge >= 0.3 is 0 Å². The monoisotopic (exact) mass is 534 g/mol. The van der Waals surface area contributed by atoms with Gasteiger partial charge in [-0.1, -0.05) is 0 Å². The number of likely N-dealkylation sites (tertiary alicyclic amines) is 2. The van der Waals surface area contributed by atoms with Crippen LogP contribution in [-0.2, 0) is 11.3 Å². The molecule has 2 aliphatic rings. The highest BCUT2D eigenvalue weighted by Gasteiger charge is 2.21. The summed E-state index contributed by atoms with van der Waals surface area (Å²) in [6.07, 6.45) is 4.60. The molecule has 164 valence electrons. The van der Waals surface area contributed by atoms with Crippen molar-refractivity contribution in [2.24, 2.45) is 10.9 Å². The first kappa shape index (κ1) is 24.3. The van der Waals surface area contributed by atoms with E-state index in [1.807, 2.05) is 4.90 Å². The molecule has 3 rings (SSSR count). The maximum absolute atomic E-state index is 12.2. The summed E-state index contributed by atoms with van der Waals surface area (Å²) >= 11 is 1.73. The maximum atomic E-state index is 12.2. The number of carbonyl (C=O) groups excluding carboxylic acids is 1. The van der Waals surface area contributed by atoms with Gasteiger partial charge in [-0.05, 0) is 58.5 Å². The highest BCUT2D eigenvalue weighted by Crippen LogP contribution is 2.19. The molecule has 0 aromatic carbocycles. The van der Waals surface area contributed by atoms with Crippen LogP contribution < -0.4 is 10.6 Å². The third-order valence-corrected chi connectivity index (χ3v) is 6.32. The number of rotatable bonds is 7. The molecule has 0 spiro atoms. The number of thiazole rings is 1. The van der Waals surface area contributed by atoms with Gasteiger partial charge in [0.15, 0.2) is 5.96 Å². The van der Waals surface area contributed by atoms with Gasteiger partial charge in [-0.3, -0.25) is 9.69 Å². The number of nitrogens with zero attached hydrogens (tertiary/aromatic N) is 4. The zero-order valence-corrected chi connectivity index (χ0v) is 20.8. The van der Waals surface area contributed by atoms with Gasteiger partial charge in [-0.2, -0.15) is 0 Å². The zero-order chi connectivity index (χ0) is 19.8. The van der Waals surface area contributed by atoms with Gasteiger partial charge in [0.25, 0.3) is 0 Å². The van der Waals surface area contributed by atoms with Crippen LogP contribution in [0.4, 0.5) is 0 Å². The highest BCUT2D eigenvalue weighted by molar-refractivity contribution is 14.0. The van der Waals surface area contributed by atoms with Crippen molar-refractivity contribution in [2.45, 2.75) is 46.1 Å². The first-order valence-electron chi connectivity index (χ1n) is 10.6.